The van der Waals surface area contributed by atoms with E-state index in [1.165, 1.54) is 6.07 Å². The summed E-state index contributed by atoms with van der Waals surface area (Å²) in [6.07, 6.45) is 0.134. The van der Waals surface area contributed by atoms with Crippen LogP contribution in [0.15, 0.2) is 30.3 Å². The van der Waals surface area contributed by atoms with Crippen LogP contribution >= 0.6 is 11.6 Å². The standard InChI is InChI=1S/C18H18ClFN2O/c1-11(2)22-15(8-9-17(22)21-4)16(23)10-12(3)18-13(19)6-5-7-14(18)20/h5-9,11-12H,10H2,1-3H3. The lowest BCUT2D eigenvalue weighted by Crippen LogP contribution is -2.13. The average molecular weight is 333 g/mol. The number of rotatable bonds is 5. The lowest BCUT2D eigenvalue weighted by Gasteiger charge is -2.15. The molecule has 1 aromatic carbocycles. The molecule has 2 aromatic rings. The maximum Gasteiger partial charge on any atom is 0.230 e. The number of halogens is 2. The molecule has 1 heterocycles. The van der Waals surface area contributed by atoms with Crippen LogP contribution in [0.1, 0.15) is 55.2 Å². The predicted octanol–water partition coefficient (Wildman–Crippen LogP) is 5.79. The molecular weight excluding hydrogens is 315 g/mol. The lowest BCUT2D eigenvalue weighted by molar-refractivity contribution is 0.0965. The number of Topliss-reactive ketones (excluding diaryl/α,β-unsaturated/α-hetero) is 1. The molecule has 23 heavy (non-hydrogen) atoms. The van der Waals surface area contributed by atoms with Gasteiger partial charge in [-0.05, 0) is 44.0 Å². The largest absolute Gasteiger partial charge is 0.364 e. The van der Waals surface area contributed by atoms with E-state index in [-0.39, 0.29) is 24.2 Å². The average Bonchev–Trinajstić information content (AvgIpc) is 2.91. The van der Waals surface area contributed by atoms with Crippen LogP contribution in [0, 0.1) is 12.4 Å². The number of ketones is 1. The van der Waals surface area contributed by atoms with Gasteiger partial charge in [0.05, 0.1) is 6.04 Å². The van der Waals surface area contributed by atoms with Crippen molar-refractivity contribution in [2.24, 2.45) is 0 Å². The van der Waals surface area contributed by atoms with Gasteiger partial charge < -0.3 is 4.85 Å². The van der Waals surface area contributed by atoms with Gasteiger partial charge in [-0.15, -0.1) is 0 Å². The van der Waals surface area contributed by atoms with Crippen LogP contribution in [-0.4, -0.2) is 10.4 Å². The Hall–Kier alpha value is -2.12. The van der Waals surface area contributed by atoms with E-state index < -0.39 is 5.82 Å². The van der Waals surface area contributed by atoms with Crippen LogP contribution in [0.2, 0.25) is 5.02 Å². The minimum absolute atomic E-state index is 0.000375. The van der Waals surface area contributed by atoms with Crippen molar-refractivity contribution >= 4 is 23.2 Å². The highest BCUT2D eigenvalue weighted by atomic mass is 35.5. The first kappa shape index (κ1) is 17.2. The van der Waals surface area contributed by atoms with Gasteiger partial charge in [0.25, 0.3) is 0 Å². The highest BCUT2D eigenvalue weighted by Crippen LogP contribution is 2.31. The van der Waals surface area contributed by atoms with Crippen molar-refractivity contribution in [1.29, 1.82) is 0 Å². The van der Waals surface area contributed by atoms with Crippen LogP contribution in [0.4, 0.5) is 10.2 Å². The van der Waals surface area contributed by atoms with E-state index in [0.29, 0.717) is 22.1 Å². The Kier molecular flexibility index (Phi) is 5.23. The first-order valence-electron chi connectivity index (χ1n) is 7.42. The van der Waals surface area contributed by atoms with Crippen molar-refractivity contribution in [1.82, 2.24) is 4.57 Å². The summed E-state index contributed by atoms with van der Waals surface area (Å²) in [5.74, 6) is -0.442. The van der Waals surface area contributed by atoms with E-state index in [9.17, 15) is 9.18 Å². The van der Waals surface area contributed by atoms with Crippen LogP contribution in [-0.2, 0) is 0 Å². The highest BCUT2D eigenvalue weighted by Gasteiger charge is 2.24. The van der Waals surface area contributed by atoms with Gasteiger partial charge in [0.1, 0.15) is 5.82 Å². The maximum absolute atomic E-state index is 14.0. The maximum atomic E-state index is 14.0. The minimum atomic E-state index is -0.404. The van der Waals surface area contributed by atoms with Gasteiger partial charge >= 0.3 is 0 Å². The number of hydrogen-bond donors (Lipinski definition) is 0. The summed E-state index contributed by atoms with van der Waals surface area (Å²) in [4.78, 5) is 16.1. The van der Waals surface area contributed by atoms with Crippen LogP contribution in [0.5, 0.6) is 0 Å². The molecule has 0 aliphatic rings. The van der Waals surface area contributed by atoms with E-state index in [1.807, 2.05) is 13.8 Å². The molecule has 0 N–H and O–H groups in total. The zero-order chi connectivity index (χ0) is 17.1. The highest BCUT2D eigenvalue weighted by molar-refractivity contribution is 6.31. The first-order valence-corrected chi connectivity index (χ1v) is 7.80. The van der Waals surface area contributed by atoms with E-state index in [2.05, 4.69) is 4.85 Å². The Labute approximate surface area is 140 Å². The summed E-state index contributed by atoms with van der Waals surface area (Å²) in [5, 5.41) is 0.325. The second kappa shape index (κ2) is 6.97. The molecule has 1 unspecified atom stereocenters. The van der Waals surface area contributed by atoms with Crippen molar-refractivity contribution in [2.75, 3.05) is 0 Å². The Bertz CT molecular complexity index is 754. The zero-order valence-electron chi connectivity index (χ0n) is 13.3. The van der Waals surface area contributed by atoms with Crippen molar-refractivity contribution in [3.8, 4) is 0 Å². The number of carbonyl (C=O) groups is 1. The fraction of sp³-hybridized carbons (Fsp3) is 0.333. The normalized spacial score (nSPS) is 12.2. The second-order valence-electron chi connectivity index (χ2n) is 5.82. The molecule has 0 bridgehead atoms. The molecular formula is C18H18ClFN2O. The van der Waals surface area contributed by atoms with Gasteiger partial charge in [0.15, 0.2) is 5.69 Å². The number of carbonyl (C=O) groups excluding carboxylic acids is 1. The Morgan fingerprint density at radius 1 is 1.30 bits per heavy atom. The fourth-order valence-corrected chi connectivity index (χ4v) is 3.11. The smallest absolute Gasteiger partial charge is 0.230 e. The number of hydrogen-bond acceptors (Lipinski definition) is 1. The Morgan fingerprint density at radius 2 is 2.00 bits per heavy atom. The van der Waals surface area contributed by atoms with Crippen molar-refractivity contribution in [2.45, 2.75) is 39.2 Å². The monoisotopic (exact) mass is 332 g/mol. The van der Waals surface area contributed by atoms with E-state index in [4.69, 9.17) is 18.2 Å². The number of nitrogens with zero attached hydrogens (tertiary/aromatic N) is 2. The molecule has 5 heteroatoms. The molecule has 0 amide bonds. The quantitative estimate of drug-likeness (QED) is 0.503. The minimum Gasteiger partial charge on any atom is -0.364 e. The fourth-order valence-electron chi connectivity index (χ4n) is 2.76. The van der Waals surface area contributed by atoms with Crippen molar-refractivity contribution < 1.29 is 9.18 Å². The zero-order valence-corrected chi connectivity index (χ0v) is 14.1. The van der Waals surface area contributed by atoms with Crippen LogP contribution in [0.25, 0.3) is 4.85 Å². The first-order chi connectivity index (χ1) is 10.9. The summed E-state index contributed by atoms with van der Waals surface area (Å²) in [7, 11) is 0. The van der Waals surface area contributed by atoms with Gasteiger partial charge in [0, 0.05) is 17.0 Å². The third-order valence-electron chi connectivity index (χ3n) is 3.80. The summed E-state index contributed by atoms with van der Waals surface area (Å²) >= 11 is 6.07. The molecule has 3 nitrogen and oxygen atoms in total. The third kappa shape index (κ3) is 3.46. The lowest BCUT2D eigenvalue weighted by atomic mass is 9.94. The van der Waals surface area contributed by atoms with Crippen LogP contribution < -0.4 is 0 Å². The molecule has 0 saturated carbocycles. The molecule has 0 saturated heterocycles. The van der Waals surface area contributed by atoms with E-state index in [1.54, 1.807) is 35.8 Å². The Morgan fingerprint density at radius 3 is 2.57 bits per heavy atom. The molecule has 1 aromatic heterocycles. The third-order valence-corrected chi connectivity index (χ3v) is 4.13. The molecule has 0 radical (unpaired) electrons. The summed E-state index contributed by atoms with van der Waals surface area (Å²) in [5.41, 5.74) is 0.834. The van der Waals surface area contributed by atoms with Gasteiger partial charge in [-0.2, -0.15) is 0 Å². The van der Waals surface area contributed by atoms with E-state index in [0.717, 1.165) is 0 Å². The van der Waals surface area contributed by atoms with Gasteiger partial charge in [-0.3, -0.25) is 9.36 Å². The molecule has 0 aliphatic heterocycles. The second-order valence-corrected chi connectivity index (χ2v) is 6.22. The molecule has 0 spiro atoms. The van der Waals surface area contributed by atoms with Gasteiger partial charge in [-0.1, -0.05) is 31.2 Å². The Balaban J connectivity index is 2.30. The topological polar surface area (TPSA) is 26.4 Å². The predicted molar refractivity (Wildman–Crippen MR) is 89.9 cm³/mol. The van der Waals surface area contributed by atoms with E-state index >= 15 is 0 Å². The molecule has 1 atom stereocenters. The molecule has 2 rings (SSSR count). The molecule has 120 valence electrons. The van der Waals surface area contributed by atoms with Crippen LogP contribution in [0.3, 0.4) is 0 Å². The number of benzene rings is 1. The summed E-state index contributed by atoms with van der Waals surface area (Å²) in [6, 6.07) is 7.80. The van der Waals surface area contributed by atoms with Gasteiger partial charge in [0.2, 0.25) is 11.6 Å². The molecule has 0 fully saturated rings. The van der Waals surface area contributed by atoms with Crippen molar-refractivity contribution in [3.63, 3.8) is 0 Å². The summed E-state index contributed by atoms with van der Waals surface area (Å²) in [6.45, 7) is 12.8. The van der Waals surface area contributed by atoms with Crippen molar-refractivity contribution in [3.05, 3.63) is 63.8 Å². The molecule has 0 aliphatic carbocycles. The summed E-state index contributed by atoms with van der Waals surface area (Å²) < 4.78 is 15.7. The van der Waals surface area contributed by atoms with Gasteiger partial charge in [-0.25, -0.2) is 4.39 Å². The SMILES string of the molecule is [C-]#[N+]c1ccc(C(=O)CC(C)c2c(F)cccc2Cl)n1C(C)C. The number of aromatic nitrogens is 1.